The first-order valence-electron chi connectivity index (χ1n) is 4.97. The smallest absolute Gasteiger partial charge is 0.298 e. The average molecular weight is 239 g/mol. The molecule has 0 fully saturated rings. The van der Waals surface area contributed by atoms with Gasteiger partial charge in [0, 0.05) is 7.05 Å². The van der Waals surface area contributed by atoms with Crippen molar-refractivity contribution >= 4 is 11.4 Å². The van der Waals surface area contributed by atoms with E-state index in [9.17, 15) is 15.0 Å². The topological polar surface area (TPSA) is 85.0 Å². The van der Waals surface area contributed by atoms with Crippen LogP contribution in [0.4, 0.5) is 11.4 Å². The van der Waals surface area contributed by atoms with Gasteiger partial charge >= 0.3 is 0 Å². The summed E-state index contributed by atoms with van der Waals surface area (Å²) in [6.07, 6.45) is -0.0811. The fraction of sp³-hybridized carbons (Fsp3) is 0.400. The lowest BCUT2D eigenvalue weighted by Gasteiger charge is -2.12. The van der Waals surface area contributed by atoms with E-state index in [-0.39, 0.29) is 17.5 Å². The summed E-state index contributed by atoms with van der Waals surface area (Å²) in [6.45, 7) is 3.64. The van der Waals surface area contributed by atoms with Gasteiger partial charge in [-0.25, -0.2) is 5.01 Å². The van der Waals surface area contributed by atoms with E-state index < -0.39 is 4.92 Å². The van der Waals surface area contributed by atoms with Crippen molar-refractivity contribution < 1.29 is 9.66 Å². The van der Waals surface area contributed by atoms with Gasteiger partial charge in [0.2, 0.25) is 0 Å². The highest BCUT2D eigenvalue weighted by Crippen LogP contribution is 2.31. The minimum atomic E-state index is -0.579. The molecule has 1 aromatic rings. The molecule has 7 nitrogen and oxygen atoms in total. The summed E-state index contributed by atoms with van der Waals surface area (Å²) >= 11 is 0. The summed E-state index contributed by atoms with van der Waals surface area (Å²) in [5.74, 6) is 0.384. The standard InChI is InChI=1S/C10H13N3O4/c1-7(2)17-8-4-5-9(12(3)11-14)10(6-8)13(15)16/h4-7H,1-3H3. The van der Waals surface area contributed by atoms with Crippen molar-refractivity contribution in [3.05, 3.63) is 33.2 Å². The first-order chi connectivity index (χ1) is 7.95. The molecule has 0 N–H and O–H groups in total. The summed E-state index contributed by atoms with van der Waals surface area (Å²) in [5, 5.41) is 14.4. The Hall–Kier alpha value is -2.18. The molecular formula is C10H13N3O4. The average Bonchev–Trinajstić information content (AvgIpc) is 2.27. The molecule has 0 aliphatic carbocycles. The molecule has 0 heterocycles. The van der Waals surface area contributed by atoms with Gasteiger partial charge in [-0.2, -0.15) is 0 Å². The van der Waals surface area contributed by atoms with Gasteiger partial charge in [0.05, 0.1) is 22.4 Å². The lowest BCUT2D eigenvalue weighted by Crippen LogP contribution is -2.10. The number of hydrogen-bond donors (Lipinski definition) is 0. The molecule has 0 aliphatic rings. The van der Waals surface area contributed by atoms with Gasteiger partial charge in [0.15, 0.2) is 0 Å². The number of anilines is 1. The van der Waals surface area contributed by atoms with Gasteiger partial charge in [-0.3, -0.25) is 10.1 Å². The number of nitro benzene ring substituents is 1. The van der Waals surface area contributed by atoms with Crippen molar-refractivity contribution in [2.75, 3.05) is 12.1 Å². The lowest BCUT2D eigenvalue weighted by molar-refractivity contribution is -0.384. The van der Waals surface area contributed by atoms with Gasteiger partial charge in [0.1, 0.15) is 11.4 Å². The molecule has 17 heavy (non-hydrogen) atoms. The molecule has 0 saturated heterocycles. The second-order valence-corrected chi connectivity index (χ2v) is 3.68. The van der Waals surface area contributed by atoms with Crippen molar-refractivity contribution in [1.82, 2.24) is 0 Å². The van der Waals surface area contributed by atoms with E-state index in [0.717, 1.165) is 5.01 Å². The quantitative estimate of drug-likeness (QED) is 0.447. The van der Waals surface area contributed by atoms with Gasteiger partial charge in [-0.05, 0) is 26.0 Å². The van der Waals surface area contributed by atoms with Crippen molar-refractivity contribution in [2.45, 2.75) is 20.0 Å². The Labute approximate surface area is 98.1 Å². The highest BCUT2D eigenvalue weighted by atomic mass is 16.6. The molecule has 1 aromatic carbocycles. The number of rotatable bonds is 5. The molecule has 0 atom stereocenters. The maximum atomic E-state index is 10.9. The number of nitro groups is 1. The van der Waals surface area contributed by atoms with Crippen LogP contribution in [0.15, 0.2) is 23.5 Å². The van der Waals surface area contributed by atoms with Crippen LogP contribution in [0.25, 0.3) is 0 Å². The van der Waals surface area contributed by atoms with Crippen LogP contribution in [0.2, 0.25) is 0 Å². The van der Waals surface area contributed by atoms with Crippen molar-refractivity contribution in [2.24, 2.45) is 5.29 Å². The first-order valence-corrected chi connectivity index (χ1v) is 4.97. The molecule has 0 radical (unpaired) electrons. The van der Waals surface area contributed by atoms with Crippen LogP contribution in [0.1, 0.15) is 13.8 Å². The highest BCUT2D eigenvalue weighted by Gasteiger charge is 2.19. The predicted molar refractivity (Wildman–Crippen MR) is 63.1 cm³/mol. The van der Waals surface area contributed by atoms with E-state index in [4.69, 9.17) is 4.74 Å². The van der Waals surface area contributed by atoms with E-state index >= 15 is 0 Å². The zero-order valence-corrected chi connectivity index (χ0v) is 9.78. The number of nitroso groups, excluding NO2 is 1. The molecule has 7 heteroatoms. The van der Waals surface area contributed by atoms with Gasteiger partial charge < -0.3 is 4.74 Å². The zero-order chi connectivity index (χ0) is 13.0. The minimum absolute atomic E-state index is 0.0811. The first kappa shape index (κ1) is 12.9. The fourth-order valence-corrected chi connectivity index (χ4v) is 1.31. The van der Waals surface area contributed by atoms with Crippen molar-refractivity contribution in [3.8, 4) is 5.75 Å². The predicted octanol–water partition coefficient (Wildman–Crippen LogP) is 2.50. The number of ether oxygens (including phenoxy) is 1. The molecular weight excluding hydrogens is 226 g/mol. The molecule has 0 aromatic heterocycles. The van der Waals surface area contributed by atoms with E-state index in [0.29, 0.717) is 5.75 Å². The van der Waals surface area contributed by atoms with Crippen molar-refractivity contribution in [1.29, 1.82) is 0 Å². The van der Waals surface area contributed by atoms with Crippen LogP contribution in [0, 0.1) is 15.0 Å². The Bertz CT molecular complexity index is 434. The van der Waals surface area contributed by atoms with Crippen molar-refractivity contribution in [3.63, 3.8) is 0 Å². The third-order valence-corrected chi connectivity index (χ3v) is 1.99. The maximum Gasteiger partial charge on any atom is 0.298 e. The van der Waals surface area contributed by atoms with Crippen LogP contribution >= 0.6 is 0 Å². The SMILES string of the molecule is CC(C)Oc1ccc(N(C)N=O)c([N+](=O)[O-])c1. The number of nitrogens with zero attached hydrogens (tertiary/aromatic N) is 3. The van der Waals surface area contributed by atoms with Crippen LogP contribution in [0.3, 0.4) is 0 Å². The Morgan fingerprint density at radius 2 is 2.12 bits per heavy atom. The maximum absolute atomic E-state index is 10.9. The summed E-state index contributed by atoms with van der Waals surface area (Å²) in [4.78, 5) is 20.6. The number of hydrogen-bond acceptors (Lipinski definition) is 5. The molecule has 92 valence electrons. The molecule has 0 aliphatic heterocycles. The Kier molecular flexibility index (Phi) is 3.97. The van der Waals surface area contributed by atoms with E-state index in [2.05, 4.69) is 5.29 Å². The summed E-state index contributed by atoms with van der Waals surface area (Å²) in [7, 11) is 1.35. The van der Waals surface area contributed by atoms with Gasteiger partial charge in [-0.15, -0.1) is 4.91 Å². The van der Waals surface area contributed by atoms with Crippen LogP contribution in [-0.4, -0.2) is 18.1 Å². The second-order valence-electron chi connectivity index (χ2n) is 3.68. The third kappa shape index (κ3) is 3.13. The normalized spacial score (nSPS) is 10.1. The monoisotopic (exact) mass is 239 g/mol. The summed E-state index contributed by atoms with van der Waals surface area (Å²) in [6, 6.07) is 4.26. The molecule has 0 unspecified atom stereocenters. The molecule has 0 amide bonds. The summed E-state index contributed by atoms with van der Waals surface area (Å²) < 4.78 is 5.34. The van der Waals surface area contributed by atoms with Gasteiger partial charge in [0.25, 0.3) is 5.69 Å². The van der Waals surface area contributed by atoms with E-state index in [1.807, 2.05) is 13.8 Å². The Morgan fingerprint density at radius 3 is 2.59 bits per heavy atom. The molecule has 0 saturated carbocycles. The fourth-order valence-electron chi connectivity index (χ4n) is 1.31. The van der Waals surface area contributed by atoms with E-state index in [1.165, 1.54) is 19.2 Å². The molecule has 1 rings (SSSR count). The Balaban J connectivity index is 3.17. The van der Waals surface area contributed by atoms with E-state index in [1.54, 1.807) is 6.07 Å². The lowest BCUT2D eigenvalue weighted by atomic mass is 10.2. The Morgan fingerprint density at radius 1 is 1.47 bits per heavy atom. The largest absolute Gasteiger partial charge is 0.491 e. The van der Waals surface area contributed by atoms with Crippen LogP contribution < -0.4 is 9.75 Å². The van der Waals surface area contributed by atoms with Gasteiger partial charge in [-0.1, -0.05) is 0 Å². The molecule has 0 spiro atoms. The highest BCUT2D eigenvalue weighted by molar-refractivity contribution is 5.64. The summed E-state index contributed by atoms with van der Waals surface area (Å²) in [5.41, 5.74) is -0.0913. The van der Waals surface area contributed by atoms with Crippen LogP contribution in [0.5, 0.6) is 5.75 Å². The molecule has 0 bridgehead atoms. The third-order valence-electron chi connectivity index (χ3n) is 1.99. The second kappa shape index (κ2) is 5.24. The zero-order valence-electron chi connectivity index (χ0n) is 9.78. The van der Waals surface area contributed by atoms with Crippen LogP contribution in [-0.2, 0) is 0 Å². The minimum Gasteiger partial charge on any atom is -0.491 e. The number of benzene rings is 1.